The SMILES string of the molecule is Cc1[nH]c2ccccc2c1C(=O)C1CCc2c(ncn2OC(=O)/C=C/C(=O)On2cnc3c2CCC(C(=O)c2c(C)[nH]c4ccccc24)C3)C1. The highest BCUT2D eigenvalue weighted by atomic mass is 16.7. The van der Waals surface area contributed by atoms with Crippen LogP contribution in [0, 0.1) is 25.7 Å². The fourth-order valence-corrected chi connectivity index (χ4v) is 7.52. The maximum Gasteiger partial charge on any atom is 0.356 e. The first kappa shape index (κ1) is 31.2. The van der Waals surface area contributed by atoms with Gasteiger partial charge in [-0.15, -0.1) is 0 Å². The molecule has 0 fully saturated rings. The molecule has 0 spiro atoms. The molecule has 2 aromatic carbocycles. The number of H-pyrrole nitrogens is 2. The number of aromatic amines is 2. The van der Waals surface area contributed by atoms with Crippen LogP contribution in [0.25, 0.3) is 21.8 Å². The van der Waals surface area contributed by atoms with Gasteiger partial charge in [-0.3, -0.25) is 9.59 Å². The molecule has 252 valence electrons. The van der Waals surface area contributed by atoms with E-state index < -0.39 is 11.9 Å². The number of para-hydroxylation sites is 2. The highest BCUT2D eigenvalue weighted by Gasteiger charge is 2.33. The van der Waals surface area contributed by atoms with Crippen molar-refractivity contribution in [3.63, 3.8) is 0 Å². The lowest BCUT2D eigenvalue weighted by atomic mass is 9.83. The van der Waals surface area contributed by atoms with Crippen LogP contribution in [0.2, 0.25) is 0 Å². The number of aryl methyl sites for hydroxylation is 2. The van der Waals surface area contributed by atoms with Gasteiger partial charge in [-0.2, -0.15) is 9.46 Å². The van der Waals surface area contributed by atoms with Gasteiger partial charge in [-0.1, -0.05) is 36.4 Å². The number of aromatic nitrogens is 6. The molecular weight excluding hydrogens is 636 g/mol. The molecule has 0 saturated carbocycles. The van der Waals surface area contributed by atoms with Crippen LogP contribution in [-0.2, 0) is 35.3 Å². The molecule has 0 saturated heterocycles. The molecule has 0 amide bonds. The minimum atomic E-state index is -0.781. The Kier molecular flexibility index (Phi) is 7.78. The van der Waals surface area contributed by atoms with E-state index in [0.717, 1.165) is 56.7 Å². The predicted molar refractivity (Wildman–Crippen MR) is 183 cm³/mol. The van der Waals surface area contributed by atoms with Crippen molar-refractivity contribution >= 4 is 45.3 Å². The molecule has 0 radical (unpaired) electrons. The zero-order chi connectivity index (χ0) is 34.5. The summed E-state index contributed by atoms with van der Waals surface area (Å²) < 4.78 is 2.60. The van der Waals surface area contributed by atoms with Crippen molar-refractivity contribution in [3.8, 4) is 0 Å². The van der Waals surface area contributed by atoms with Crippen LogP contribution in [0.15, 0.2) is 73.3 Å². The molecule has 4 heterocycles. The second-order valence-corrected chi connectivity index (χ2v) is 13.0. The van der Waals surface area contributed by atoms with Crippen LogP contribution >= 0.6 is 0 Å². The molecule has 6 aromatic rings. The fourth-order valence-electron chi connectivity index (χ4n) is 7.52. The highest BCUT2D eigenvalue weighted by Crippen LogP contribution is 2.33. The van der Waals surface area contributed by atoms with Crippen molar-refractivity contribution in [1.82, 2.24) is 29.4 Å². The lowest BCUT2D eigenvalue weighted by Crippen LogP contribution is -2.27. The fraction of sp³-hybridized carbons (Fsp3) is 0.263. The van der Waals surface area contributed by atoms with Crippen molar-refractivity contribution < 1.29 is 28.9 Å². The third-order valence-corrected chi connectivity index (χ3v) is 9.93. The maximum atomic E-state index is 13.6. The molecule has 0 bridgehead atoms. The second kappa shape index (κ2) is 12.4. The number of hydrogen-bond donors (Lipinski definition) is 2. The van der Waals surface area contributed by atoms with Gasteiger partial charge in [0.2, 0.25) is 0 Å². The molecule has 12 nitrogen and oxygen atoms in total. The number of carbonyl (C=O) groups is 4. The van der Waals surface area contributed by atoms with Crippen molar-refractivity contribution in [2.45, 2.75) is 52.4 Å². The summed E-state index contributed by atoms with van der Waals surface area (Å²) in [5.41, 5.74) is 7.82. The molecule has 50 heavy (non-hydrogen) atoms. The first-order chi connectivity index (χ1) is 24.2. The van der Waals surface area contributed by atoms with E-state index in [1.165, 1.54) is 22.1 Å². The van der Waals surface area contributed by atoms with Gasteiger partial charge in [-0.25, -0.2) is 19.6 Å². The summed E-state index contributed by atoms with van der Waals surface area (Å²) in [7, 11) is 0. The maximum absolute atomic E-state index is 13.6. The zero-order valence-corrected chi connectivity index (χ0v) is 27.6. The Morgan fingerprint density at radius 3 is 1.54 bits per heavy atom. The summed E-state index contributed by atoms with van der Waals surface area (Å²) >= 11 is 0. The van der Waals surface area contributed by atoms with E-state index in [1.807, 2.05) is 62.4 Å². The number of rotatable bonds is 8. The van der Waals surface area contributed by atoms with Crippen molar-refractivity contribution in [2.75, 3.05) is 0 Å². The zero-order valence-electron chi connectivity index (χ0n) is 27.6. The van der Waals surface area contributed by atoms with E-state index in [-0.39, 0.29) is 23.4 Å². The molecule has 8 rings (SSSR count). The van der Waals surface area contributed by atoms with Crippen LogP contribution in [0.5, 0.6) is 0 Å². The Morgan fingerprint density at radius 2 is 1.10 bits per heavy atom. The van der Waals surface area contributed by atoms with E-state index in [1.54, 1.807) is 0 Å². The number of nitrogens with zero attached hydrogens (tertiary/aromatic N) is 4. The number of nitrogens with one attached hydrogen (secondary N) is 2. The lowest BCUT2D eigenvalue weighted by Gasteiger charge is -2.21. The van der Waals surface area contributed by atoms with Gasteiger partial charge in [-0.05, 0) is 51.7 Å². The van der Waals surface area contributed by atoms with Gasteiger partial charge in [0.15, 0.2) is 11.6 Å². The number of ketones is 2. The van der Waals surface area contributed by atoms with E-state index >= 15 is 0 Å². The molecule has 2 aliphatic rings. The minimum absolute atomic E-state index is 0.0755. The number of fused-ring (bicyclic) bond motifs is 4. The number of carbonyl (C=O) groups excluding carboxylic acids is 4. The predicted octanol–water partition coefficient (Wildman–Crippen LogP) is 4.80. The van der Waals surface area contributed by atoms with Crippen LogP contribution in [0.3, 0.4) is 0 Å². The third-order valence-electron chi connectivity index (χ3n) is 9.93. The lowest BCUT2D eigenvalue weighted by molar-refractivity contribution is -0.141. The molecule has 4 aromatic heterocycles. The van der Waals surface area contributed by atoms with Crippen molar-refractivity contribution in [2.24, 2.45) is 11.8 Å². The molecule has 2 unspecified atom stereocenters. The van der Waals surface area contributed by atoms with E-state index in [2.05, 4.69) is 19.9 Å². The molecule has 2 atom stereocenters. The smallest absolute Gasteiger partial charge is 0.356 e. The average Bonchev–Trinajstić information content (AvgIpc) is 3.88. The Labute approximate surface area is 286 Å². The largest absolute Gasteiger partial charge is 0.358 e. The minimum Gasteiger partial charge on any atom is -0.358 e. The van der Waals surface area contributed by atoms with Gasteiger partial charge in [0.1, 0.15) is 12.7 Å². The summed E-state index contributed by atoms with van der Waals surface area (Å²) in [6, 6.07) is 15.5. The number of Topliss-reactive ketones (excluding diaryl/α,β-unsaturated/α-hetero) is 2. The van der Waals surface area contributed by atoms with Crippen LogP contribution in [0.1, 0.15) is 67.7 Å². The Morgan fingerprint density at radius 1 is 0.680 bits per heavy atom. The summed E-state index contributed by atoms with van der Waals surface area (Å²) in [5.74, 6) is -1.89. The molecule has 0 aliphatic heterocycles. The molecule has 2 N–H and O–H groups in total. The first-order valence-electron chi connectivity index (χ1n) is 16.7. The number of hydrogen-bond acceptors (Lipinski definition) is 8. The van der Waals surface area contributed by atoms with Gasteiger partial charge < -0.3 is 19.6 Å². The summed E-state index contributed by atoms with van der Waals surface area (Å²) in [6.07, 6.45) is 7.86. The van der Waals surface area contributed by atoms with E-state index in [0.29, 0.717) is 61.0 Å². The highest BCUT2D eigenvalue weighted by molar-refractivity contribution is 6.11. The summed E-state index contributed by atoms with van der Waals surface area (Å²) in [4.78, 5) is 78.8. The van der Waals surface area contributed by atoms with Crippen molar-refractivity contribution in [3.05, 3.63) is 119 Å². The average molecular weight is 671 g/mol. The van der Waals surface area contributed by atoms with Crippen LogP contribution < -0.4 is 9.68 Å². The Hall–Kier alpha value is -6.04. The van der Waals surface area contributed by atoms with E-state index in [4.69, 9.17) is 9.68 Å². The van der Waals surface area contributed by atoms with Crippen LogP contribution in [-0.4, -0.2) is 52.9 Å². The quantitative estimate of drug-likeness (QED) is 0.173. The standard InChI is InChI=1S/C38H34N6O6/c1-21-35(25-7-3-5-9-27(25)41-21)37(47)23-11-13-31-29(17-23)39-19-43(31)49-33(45)15-16-34(46)50-44-20-40-30-18-24(12-14-32(30)44)38(48)36-22(2)42-28-10-6-4-8-26(28)36/h3-10,15-16,19-20,23-24,41-42H,11-14,17-18H2,1-2H3/b16-15+. The first-order valence-corrected chi connectivity index (χ1v) is 16.7. The Balaban J connectivity index is 0.872. The number of benzene rings is 2. The molecular formula is C38H34N6O6. The van der Waals surface area contributed by atoms with Gasteiger partial charge in [0, 0.05) is 81.2 Å². The van der Waals surface area contributed by atoms with E-state index in [9.17, 15) is 19.2 Å². The van der Waals surface area contributed by atoms with Gasteiger partial charge in [0.05, 0.1) is 22.8 Å². The molecule has 2 aliphatic carbocycles. The Bertz CT molecular complexity index is 2210. The van der Waals surface area contributed by atoms with Gasteiger partial charge >= 0.3 is 11.9 Å². The number of imidazole rings is 2. The monoisotopic (exact) mass is 670 g/mol. The van der Waals surface area contributed by atoms with Gasteiger partial charge in [0.25, 0.3) is 0 Å². The third kappa shape index (κ3) is 5.52. The molecule has 12 heteroatoms. The summed E-state index contributed by atoms with van der Waals surface area (Å²) in [5, 5.41) is 1.83. The van der Waals surface area contributed by atoms with Crippen molar-refractivity contribution in [1.29, 1.82) is 0 Å². The topological polar surface area (TPSA) is 154 Å². The summed E-state index contributed by atoms with van der Waals surface area (Å²) in [6.45, 7) is 3.82. The second-order valence-electron chi connectivity index (χ2n) is 13.0. The normalized spacial score (nSPS) is 17.2. The van der Waals surface area contributed by atoms with Crippen LogP contribution in [0.4, 0.5) is 0 Å².